The summed E-state index contributed by atoms with van der Waals surface area (Å²) < 4.78 is 4.62. The Bertz CT molecular complexity index is 137. The van der Waals surface area contributed by atoms with Gasteiger partial charge in [0, 0.05) is 6.61 Å². The predicted molar refractivity (Wildman–Crippen MR) is 70.5 cm³/mol. The lowest BCUT2D eigenvalue weighted by molar-refractivity contribution is 0.182. The van der Waals surface area contributed by atoms with Gasteiger partial charge in [0.1, 0.15) is 0 Å². The third-order valence-electron chi connectivity index (χ3n) is 2.76. The van der Waals surface area contributed by atoms with E-state index in [-0.39, 0.29) is 4.70 Å². The van der Waals surface area contributed by atoms with Crippen molar-refractivity contribution in [2.75, 3.05) is 6.61 Å². The van der Waals surface area contributed by atoms with Crippen molar-refractivity contribution >= 4 is 7.32 Å². The molecule has 0 amide bonds. The maximum absolute atomic E-state index is 8.43. The van der Waals surface area contributed by atoms with Crippen molar-refractivity contribution in [1.29, 1.82) is 0 Å². The van der Waals surface area contributed by atoms with Crippen LogP contribution in [-0.4, -0.2) is 24.0 Å². The maximum atomic E-state index is 8.43. The SMILES string of the molecule is CCCCCCCCCCCCOB(O)O.F. The van der Waals surface area contributed by atoms with Gasteiger partial charge in [0.25, 0.3) is 0 Å². The van der Waals surface area contributed by atoms with Crippen molar-refractivity contribution in [2.45, 2.75) is 71.1 Å². The van der Waals surface area contributed by atoms with Gasteiger partial charge in [0.15, 0.2) is 0 Å². The van der Waals surface area contributed by atoms with Crippen LogP contribution in [0.3, 0.4) is 0 Å². The van der Waals surface area contributed by atoms with Crippen molar-refractivity contribution in [3.8, 4) is 0 Å². The molecule has 2 N–H and O–H groups in total. The van der Waals surface area contributed by atoms with Crippen LogP contribution in [0.2, 0.25) is 0 Å². The quantitative estimate of drug-likeness (QED) is 0.413. The van der Waals surface area contributed by atoms with Gasteiger partial charge < -0.3 is 14.7 Å². The molecule has 0 fully saturated rings. The van der Waals surface area contributed by atoms with Gasteiger partial charge in [-0.05, 0) is 6.42 Å². The third kappa shape index (κ3) is 18.4. The molecule has 0 radical (unpaired) electrons. The number of hydrogen-bond acceptors (Lipinski definition) is 3. The molecule has 0 atom stereocenters. The third-order valence-corrected chi connectivity index (χ3v) is 2.76. The van der Waals surface area contributed by atoms with Crippen LogP contribution in [0.5, 0.6) is 0 Å². The fourth-order valence-corrected chi connectivity index (χ4v) is 1.78. The van der Waals surface area contributed by atoms with Crippen LogP contribution < -0.4 is 0 Å². The smallest absolute Gasteiger partial charge is 0.402 e. The number of unbranched alkanes of at least 4 members (excludes halogenated alkanes) is 9. The minimum absolute atomic E-state index is 0. The lowest BCUT2D eigenvalue weighted by atomic mass is 10.1. The lowest BCUT2D eigenvalue weighted by Gasteiger charge is -2.03. The number of rotatable bonds is 12. The summed E-state index contributed by atoms with van der Waals surface area (Å²) in [5.41, 5.74) is 0. The monoisotopic (exact) mass is 250 g/mol. The zero-order chi connectivity index (χ0) is 12.1. The van der Waals surface area contributed by atoms with E-state index in [2.05, 4.69) is 11.6 Å². The predicted octanol–water partition coefficient (Wildman–Crippen LogP) is 3.05. The Morgan fingerprint density at radius 1 is 0.765 bits per heavy atom. The Labute approximate surface area is 105 Å². The maximum Gasteiger partial charge on any atom is 0.633 e. The van der Waals surface area contributed by atoms with Gasteiger partial charge in [0.05, 0.1) is 0 Å². The zero-order valence-electron chi connectivity index (χ0n) is 11.1. The van der Waals surface area contributed by atoms with E-state index in [0.717, 1.165) is 12.8 Å². The summed E-state index contributed by atoms with van der Waals surface area (Å²) in [6.07, 6.45) is 12.8. The van der Waals surface area contributed by atoms with E-state index in [1.807, 2.05) is 0 Å². The Morgan fingerprint density at radius 2 is 1.18 bits per heavy atom. The molecular weight excluding hydrogens is 222 g/mol. The molecule has 0 heterocycles. The molecule has 3 nitrogen and oxygen atoms in total. The van der Waals surface area contributed by atoms with Gasteiger partial charge in [-0.2, -0.15) is 0 Å². The van der Waals surface area contributed by atoms with Crippen LogP contribution in [0.4, 0.5) is 4.70 Å². The molecule has 17 heavy (non-hydrogen) atoms. The normalized spacial score (nSPS) is 10.1. The summed E-state index contributed by atoms with van der Waals surface area (Å²) >= 11 is 0. The topological polar surface area (TPSA) is 49.7 Å². The second-order valence-corrected chi connectivity index (χ2v) is 4.38. The number of hydrogen-bond donors (Lipinski definition) is 2. The molecular formula is C12H28BFO3. The Hall–Kier alpha value is -0.125. The first-order chi connectivity index (χ1) is 7.77. The Morgan fingerprint density at radius 3 is 1.59 bits per heavy atom. The molecule has 0 aromatic heterocycles. The fraction of sp³-hybridized carbons (Fsp3) is 1.00. The molecule has 5 heteroatoms. The Kier molecular flexibility index (Phi) is 17.9. The summed E-state index contributed by atoms with van der Waals surface area (Å²) in [5, 5.41) is 16.9. The average Bonchev–Trinajstić information content (AvgIpc) is 2.25. The van der Waals surface area contributed by atoms with Crippen molar-refractivity contribution in [1.82, 2.24) is 0 Å². The van der Waals surface area contributed by atoms with E-state index in [1.54, 1.807) is 0 Å². The van der Waals surface area contributed by atoms with Crippen molar-refractivity contribution in [3.05, 3.63) is 0 Å². The average molecular weight is 250 g/mol. The molecule has 0 aliphatic carbocycles. The first-order valence-electron chi connectivity index (χ1n) is 6.75. The van der Waals surface area contributed by atoms with Crippen LogP contribution >= 0.6 is 0 Å². The molecule has 104 valence electrons. The summed E-state index contributed by atoms with van der Waals surface area (Å²) in [5.74, 6) is 0. The summed E-state index contributed by atoms with van der Waals surface area (Å²) in [6, 6.07) is 0. The fourth-order valence-electron chi connectivity index (χ4n) is 1.78. The van der Waals surface area contributed by atoms with Gasteiger partial charge in [-0.3, -0.25) is 4.70 Å². The van der Waals surface area contributed by atoms with Gasteiger partial charge in [-0.15, -0.1) is 0 Å². The molecule has 0 aromatic rings. The molecule has 0 aromatic carbocycles. The highest BCUT2D eigenvalue weighted by Crippen LogP contribution is 2.10. The molecule has 0 saturated heterocycles. The van der Waals surface area contributed by atoms with Gasteiger partial charge in [0.2, 0.25) is 0 Å². The van der Waals surface area contributed by atoms with Crippen molar-refractivity contribution in [2.24, 2.45) is 0 Å². The van der Waals surface area contributed by atoms with Crippen LogP contribution in [-0.2, 0) is 4.65 Å². The molecule has 0 saturated carbocycles. The second-order valence-electron chi connectivity index (χ2n) is 4.38. The van der Waals surface area contributed by atoms with Crippen LogP contribution in [0.25, 0.3) is 0 Å². The molecule has 0 unspecified atom stereocenters. The van der Waals surface area contributed by atoms with E-state index in [0.29, 0.717) is 6.61 Å². The second kappa shape index (κ2) is 15.9. The molecule has 0 rings (SSSR count). The van der Waals surface area contributed by atoms with Crippen molar-refractivity contribution < 1.29 is 19.4 Å². The largest absolute Gasteiger partial charge is 0.633 e. The van der Waals surface area contributed by atoms with E-state index in [4.69, 9.17) is 10.0 Å². The van der Waals surface area contributed by atoms with E-state index in [9.17, 15) is 0 Å². The minimum atomic E-state index is -1.60. The first kappa shape index (κ1) is 19.2. The summed E-state index contributed by atoms with van der Waals surface area (Å²) in [7, 11) is -1.60. The Balaban J connectivity index is 0. The minimum Gasteiger partial charge on any atom is -0.402 e. The van der Waals surface area contributed by atoms with E-state index >= 15 is 0 Å². The highest BCUT2D eigenvalue weighted by atomic mass is 19.0. The molecule has 0 aliphatic heterocycles. The number of halogens is 1. The highest BCUT2D eigenvalue weighted by molar-refractivity contribution is 6.32. The zero-order valence-corrected chi connectivity index (χ0v) is 11.1. The molecule has 0 aliphatic rings. The van der Waals surface area contributed by atoms with Crippen molar-refractivity contribution in [3.63, 3.8) is 0 Å². The molecule has 0 spiro atoms. The summed E-state index contributed by atoms with van der Waals surface area (Å²) in [4.78, 5) is 0. The van der Waals surface area contributed by atoms with Gasteiger partial charge in [-0.25, -0.2) is 0 Å². The molecule has 0 bridgehead atoms. The van der Waals surface area contributed by atoms with E-state index < -0.39 is 7.32 Å². The van der Waals surface area contributed by atoms with Crippen LogP contribution in [0.1, 0.15) is 71.1 Å². The van der Waals surface area contributed by atoms with Crippen LogP contribution in [0.15, 0.2) is 0 Å². The standard InChI is InChI=1S/C12H27BO3.FH/c1-2-3-4-5-6-7-8-9-10-11-12-16-13(14)15;/h14-15H,2-12H2,1H3;1H. The lowest BCUT2D eigenvalue weighted by Crippen LogP contribution is -2.17. The van der Waals surface area contributed by atoms with Crippen LogP contribution in [0, 0.1) is 0 Å². The van der Waals surface area contributed by atoms with Gasteiger partial charge in [-0.1, -0.05) is 64.7 Å². The summed E-state index contributed by atoms with van der Waals surface area (Å²) in [6.45, 7) is 2.69. The van der Waals surface area contributed by atoms with E-state index in [1.165, 1.54) is 51.4 Å². The highest BCUT2D eigenvalue weighted by Gasteiger charge is 2.06. The van der Waals surface area contributed by atoms with Gasteiger partial charge >= 0.3 is 7.32 Å². The first-order valence-corrected chi connectivity index (χ1v) is 6.75.